The Morgan fingerprint density at radius 2 is 1.80 bits per heavy atom. The number of amides is 1. The number of carbonyl (C=O) groups is 1. The van der Waals surface area contributed by atoms with Crippen LogP contribution >= 0.6 is 0 Å². The van der Waals surface area contributed by atoms with E-state index in [1.54, 1.807) is 0 Å². The quantitative estimate of drug-likeness (QED) is 0.839. The third kappa shape index (κ3) is 4.21. The second-order valence-electron chi connectivity index (χ2n) is 7.10. The zero-order valence-electron chi connectivity index (χ0n) is 13.5. The number of carbonyl (C=O) groups excluding carboxylic acids is 1. The third-order valence-electron chi connectivity index (χ3n) is 5.09. The summed E-state index contributed by atoms with van der Waals surface area (Å²) in [5.41, 5.74) is 0. The largest absolute Gasteiger partial charge is 0.341 e. The van der Waals surface area contributed by atoms with Gasteiger partial charge in [0.25, 0.3) is 0 Å². The number of nitrogens with one attached hydrogen (secondary N) is 1. The molecule has 0 aromatic heterocycles. The number of piperidine rings is 1. The molecular weight excluding hydrogens is 248 g/mol. The van der Waals surface area contributed by atoms with Crippen molar-refractivity contribution in [1.82, 2.24) is 10.2 Å². The van der Waals surface area contributed by atoms with E-state index in [1.165, 1.54) is 32.1 Å². The van der Waals surface area contributed by atoms with Crippen molar-refractivity contribution in [2.75, 3.05) is 13.1 Å². The van der Waals surface area contributed by atoms with Gasteiger partial charge in [0.15, 0.2) is 0 Å². The van der Waals surface area contributed by atoms with Crippen molar-refractivity contribution in [3.05, 3.63) is 0 Å². The average Bonchev–Trinajstić information content (AvgIpc) is 2.43. The van der Waals surface area contributed by atoms with Crippen LogP contribution in [-0.2, 0) is 4.79 Å². The summed E-state index contributed by atoms with van der Waals surface area (Å²) in [5, 5.41) is 3.42. The van der Waals surface area contributed by atoms with E-state index < -0.39 is 0 Å². The van der Waals surface area contributed by atoms with Crippen LogP contribution < -0.4 is 5.32 Å². The summed E-state index contributed by atoms with van der Waals surface area (Å²) in [6.45, 7) is 8.53. The van der Waals surface area contributed by atoms with Crippen molar-refractivity contribution in [1.29, 1.82) is 0 Å². The van der Waals surface area contributed by atoms with Crippen molar-refractivity contribution in [2.45, 2.75) is 77.8 Å². The van der Waals surface area contributed by atoms with Gasteiger partial charge in [-0.3, -0.25) is 4.79 Å². The van der Waals surface area contributed by atoms with Gasteiger partial charge in [-0.2, -0.15) is 0 Å². The highest BCUT2D eigenvalue weighted by molar-refractivity contribution is 5.82. The molecule has 2 fully saturated rings. The molecule has 1 aliphatic heterocycles. The van der Waals surface area contributed by atoms with E-state index in [0.29, 0.717) is 11.9 Å². The Labute approximate surface area is 124 Å². The molecule has 0 bridgehead atoms. The first-order valence-electron chi connectivity index (χ1n) is 8.65. The second kappa shape index (κ2) is 7.44. The zero-order valence-corrected chi connectivity index (χ0v) is 13.5. The van der Waals surface area contributed by atoms with Crippen molar-refractivity contribution >= 4 is 5.91 Å². The van der Waals surface area contributed by atoms with Crippen molar-refractivity contribution < 1.29 is 4.79 Å². The maximum Gasteiger partial charge on any atom is 0.239 e. The Bertz CT molecular complexity index is 308. The van der Waals surface area contributed by atoms with Gasteiger partial charge in [-0.25, -0.2) is 0 Å². The van der Waals surface area contributed by atoms with Crippen LogP contribution in [0.15, 0.2) is 0 Å². The Morgan fingerprint density at radius 3 is 2.40 bits per heavy atom. The Kier molecular flexibility index (Phi) is 5.88. The van der Waals surface area contributed by atoms with E-state index >= 15 is 0 Å². The summed E-state index contributed by atoms with van der Waals surface area (Å²) in [4.78, 5) is 14.7. The van der Waals surface area contributed by atoms with E-state index in [0.717, 1.165) is 37.8 Å². The van der Waals surface area contributed by atoms with Gasteiger partial charge >= 0.3 is 0 Å². The molecule has 1 unspecified atom stereocenters. The monoisotopic (exact) mass is 280 g/mol. The lowest BCUT2D eigenvalue weighted by Crippen LogP contribution is -2.53. The number of likely N-dealkylation sites (tertiary alicyclic amines) is 1. The highest BCUT2D eigenvalue weighted by atomic mass is 16.2. The highest BCUT2D eigenvalue weighted by Gasteiger charge is 2.31. The maximum absolute atomic E-state index is 12.5. The van der Waals surface area contributed by atoms with E-state index in [4.69, 9.17) is 0 Å². The Balaban J connectivity index is 1.81. The molecular formula is C17H32N2O. The van der Waals surface area contributed by atoms with Crippen molar-refractivity contribution in [3.8, 4) is 0 Å². The first-order valence-corrected chi connectivity index (χ1v) is 8.65. The van der Waals surface area contributed by atoms with Crippen LogP contribution in [0.1, 0.15) is 65.7 Å². The van der Waals surface area contributed by atoms with Crippen molar-refractivity contribution in [3.63, 3.8) is 0 Å². The highest BCUT2D eigenvalue weighted by Crippen LogP contribution is 2.31. The first kappa shape index (κ1) is 15.8. The molecule has 3 heteroatoms. The molecule has 1 saturated carbocycles. The predicted octanol–water partition coefficient (Wildman–Crippen LogP) is 3.19. The van der Waals surface area contributed by atoms with Gasteiger partial charge in [0, 0.05) is 19.1 Å². The molecule has 0 aromatic rings. The smallest absolute Gasteiger partial charge is 0.239 e. The van der Waals surface area contributed by atoms with Gasteiger partial charge in [-0.1, -0.05) is 40.0 Å². The molecule has 1 N–H and O–H groups in total. The standard InChI is InChI=1S/C17H32N2O/c1-4-14-7-9-15(10-8-14)12-19-11-5-6-16(17(19)20)18-13(2)3/h13-16,18H,4-12H2,1-3H3. The average molecular weight is 280 g/mol. The maximum atomic E-state index is 12.5. The van der Waals surface area contributed by atoms with Crippen LogP contribution in [0.4, 0.5) is 0 Å². The van der Waals surface area contributed by atoms with Gasteiger partial charge in [-0.15, -0.1) is 0 Å². The molecule has 0 aromatic carbocycles. The minimum atomic E-state index is 0.0655. The summed E-state index contributed by atoms with van der Waals surface area (Å²) >= 11 is 0. The lowest BCUT2D eigenvalue weighted by atomic mass is 9.80. The molecule has 0 spiro atoms. The molecule has 1 amide bonds. The van der Waals surface area contributed by atoms with Crippen LogP contribution in [-0.4, -0.2) is 36.0 Å². The summed E-state index contributed by atoms with van der Waals surface area (Å²) in [7, 11) is 0. The van der Waals surface area contributed by atoms with Crippen molar-refractivity contribution in [2.24, 2.45) is 11.8 Å². The predicted molar refractivity (Wildman–Crippen MR) is 83.6 cm³/mol. The Morgan fingerprint density at radius 1 is 1.15 bits per heavy atom. The van der Waals surface area contributed by atoms with Gasteiger partial charge in [-0.05, 0) is 37.5 Å². The number of nitrogens with zero attached hydrogens (tertiary/aromatic N) is 1. The van der Waals surface area contributed by atoms with Gasteiger partial charge < -0.3 is 10.2 Å². The number of rotatable bonds is 5. The van der Waals surface area contributed by atoms with Gasteiger partial charge in [0.1, 0.15) is 0 Å². The topological polar surface area (TPSA) is 32.3 Å². The van der Waals surface area contributed by atoms with E-state index in [-0.39, 0.29) is 6.04 Å². The number of hydrogen-bond donors (Lipinski definition) is 1. The van der Waals surface area contributed by atoms with Crippen LogP contribution in [0.25, 0.3) is 0 Å². The second-order valence-corrected chi connectivity index (χ2v) is 7.10. The summed E-state index contributed by atoms with van der Waals surface area (Å²) in [6, 6.07) is 0.458. The molecule has 3 nitrogen and oxygen atoms in total. The van der Waals surface area contributed by atoms with E-state index in [9.17, 15) is 4.79 Å². The molecule has 0 radical (unpaired) electrons. The van der Waals surface area contributed by atoms with E-state index in [2.05, 4.69) is 31.0 Å². The lowest BCUT2D eigenvalue weighted by Gasteiger charge is -2.37. The molecule has 1 atom stereocenters. The summed E-state index contributed by atoms with van der Waals surface area (Å²) in [5.74, 6) is 2.04. The minimum Gasteiger partial charge on any atom is -0.341 e. The summed E-state index contributed by atoms with van der Waals surface area (Å²) in [6.07, 6.45) is 8.88. The molecule has 2 rings (SSSR count). The molecule has 1 saturated heterocycles. The normalized spacial score (nSPS) is 31.9. The lowest BCUT2D eigenvalue weighted by molar-refractivity contribution is -0.137. The van der Waals surface area contributed by atoms with Crippen LogP contribution in [0.3, 0.4) is 0 Å². The minimum absolute atomic E-state index is 0.0655. The van der Waals surface area contributed by atoms with Gasteiger partial charge in [0.2, 0.25) is 5.91 Å². The van der Waals surface area contributed by atoms with Crippen LogP contribution in [0, 0.1) is 11.8 Å². The molecule has 1 aliphatic carbocycles. The van der Waals surface area contributed by atoms with Crippen LogP contribution in [0.5, 0.6) is 0 Å². The molecule has 116 valence electrons. The molecule has 20 heavy (non-hydrogen) atoms. The van der Waals surface area contributed by atoms with Gasteiger partial charge in [0.05, 0.1) is 6.04 Å². The zero-order chi connectivity index (χ0) is 14.5. The van der Waals surface area contributed by atoms with E-state index in [1.807, 2.05) is 0 Å². The third-order valence-corrected chi connectivity index (χ3v) is 5.09. The SMILES string of the molecule is CCC1CCC(CN2CCCC(NC(C)C)C2=O)CC1. The van der Waals surface area contributed by atoms with Crippen LogP contribution in [0.2, 0.25) is 0 Å². The summed E-state index contributed by atoms with van der Waals surface area (Å²) < 4.78 is 0. The molecule has 1 heterocycles. The molecule has 2 aliphatic rings. The fourth-order valence-corrected chi connectivity index (χ4v) is 3.81. The first-order chi connectivity index (χ1) is 9.60. The fraction of sp³-hybridized carbons (Fsp3) is 0.941. The Hall–Kier alpha value is -0.570. The fourth-order valence-electron chi connectivity index (χ4n) is 3.81. The number of hydrogen-bond acceptors (Lipinski definition) is 2.